The van der Waals surface area contributed by atoms with E-state index in [2.05, 4.69) is 20.5 Å². The number of aliphatic imine (C=N–C) groups is 1. The van der Waals surface area contributed by atoms with E-state index in [9.17, 15) is 13.5 Å². The first-order valence-electron chi connectivity index (χ1n) is 10.2. The van der Waals surface area contributed by atoms with Crippen LogP contribution < -0.4 is 10.6 Å². The Hall–Kier alpha value is -1.72. The smallest absolute Gasteiger partial charge is 0.242 e. The summed E-state index contributed by atoms with van der Waals surface area (Å²) in [5.41, 5.74) is -0.330. The van der Waals surface area contributed by atoms with Crippen molar-refractivity contribution in [1.29, 1.82) is 0 Å². The number of rotatable bonds is 9. The molecular weight excluding hydrogens is 406 g/mol. The van der Waals surface area contributed by atoms with Crippen LogP contribution in [0.25, 0.3) is 0 Å². The molecule has 1 fully saturated rings. The predicted molar refractivity (Wildman–Crippen MR) is 118 cm³/mol. The zero-order valence-corrected chi connectivity index (χ0v) is 19.2. The molecule has 1 atom stereocenters. The third kappa shape index (κ3) is 7.21. The molecule has 9 nitrogen and oxygen atoms in total. The largest absolute Gasteiger partial charge is 0.387 e. The van der Waals surface area contributed by atoms with E-state index in [-0.39, 0.29) is 11.4 Å². The first-order chi connectivity index (χ1) is 14.2. The number of sulfonamides is 1. The maximum absolute atomic E-state index is 12.6. The summed E-state index contributed by atoms with van der Waals surface area (Å²) < 4.78 is 31.7. The van der Waals surface area contributed by atoms with Crippen molar-refractivity contribution in [3.05, 3.63) is 29.8 Å². The van der Waals surface area contributed by atoms with Crippen LogP contribution in [0, 0.1) is 0 Å². The van der Waals surface area contributed by atoms with Crippen LogP contribution in [0.1, 0.15) is 19.4 Å². The Labute approximate surface area is 180 Å². The van der Waals surface area contributed by atoms with E-state index in [1.807, 2.05) is 6.92 Å². The minimum Gasteiger partial charge on any atom is -0.387 e. The lowest BCUT2D eigenvalue weighted by atomic mass is 10.1. The van der Waals surface area contributed by atoms with Gasteiger partial charge in [-0.05, 0) is 25.5 Å². The summed E-state index contributed by atoms with van der Waals surface area (Å²) in [7, 11) is -0.529. The van der Waals surface area contributed by atoms with Gasteiger partial charge in [-0.2, -0.15) is 0 Å². The number of morpholine rings is 1. The Morgan fingerprint density at radius 2 is 1.93 bits per heavy atom. The highest BCUT2D eigenvalue weighted by Gasteiger charge is 2.26. The second kappa shape index (κ2) is 11.1. The fourth-order valence-corrected chi connectivity index (χ4v) is 4.27. The van der Waals surface area contributed by atoms with Gasteiger partial charge in [0.25, 0.3) is 0 Å². The van der Waals surface area contributed by atoms with Crippen molar-refractivity contribution in [3.8, 4) is 0 Å². The predicted octanol–water partition coefficient (Wildman–Crippen LogP) is 0.0752. The molecule has 1 aromatic carbocycles. The Bertz CT molecular complexity index is 805. The minimum atomic E-state index is -3.55. The maximum atomic E-state index is 12.6. The van der Waals surface area contributed by atoms with Crippen LogP contribution in [0.5, 0.6) is 0 Å². The number of nitrogens with zero attached hydrogens (tertiary/aromatic N) is 3. The summed E-state index contributed by atoms with van der Waals surface area (Å²) in [5, 5.41) is 17.1. The van der Waals surface area contributed by atoms with Crippen LogP contribution in [0.2, 0.25) is 0 Å². The molecule has 0 radical (unpaired) electrons. The Morgan fingerprint density at radius 3 is 2.57 bits per heavy atom. The molecule has 0 aliphatic carbocycles. The quantitative estimate of drug-likeness (QED) is 0.368. The van der Waals surface area contributed by atoms with Crippen molar-refractivity contribution < 1.29 is 18.3 Å². The number of hydrogen-bond acceptors (Lipinski definition) is 6. The molecule has 3 N–H and O–H groups in total. The fraction of sp³-hybridized carbons (Fsp3) is 0.650. The summed E-state index contributed by atoms with van der Waals surface area (Å²) in [6, 6.07) is 6.86. The summed E-state index contributed by atoms with van der Waals surface area (Å²) in [6.45, 7) is 8.42. The van der Waals surface area contributed by atoms with Crippen LogP contribution in [-0.2, 0) is 21.3 Å². The van der Waals surface area contributed by atoms with Crippen LogP contribution >= 0.6 is 0 Å². The van der Waals surface area contributed by atoms with Crippen molar-refractivity contribution in [1.82, 2.24) is 19.8 Å². The molecule has 0 bridgehead atoms. The molecule has 170 valence electrons. The Kier molecular flexibility index (Phi) is 9.05. The van der Waals surface area contributed by atoms with E-state index in [1.54, 1.807) is 31.2 Å². The highest BCUT2D eigenvalue weighted by Crippen LogP contribution is 2.19. The second-order valence-corrected chi connectivity index (χ2v) is 9.95. The van der Waals surface area contributed by atoms with Crippen LogP contribution in [0.3, 0.4) is 0 Å². The van der Waals surface area contributed by atoms with Gasteiger partial charge in [-0.25, -0.2) is 17.7 Å². The highest BCUT2D eigenvalue weighted by atomic mass is 32.2. The molecule has 0 saturated carbocycles. The van der Waals surface area contributed by atoms with Gasteiger partial charge in [-0.3, -0.25) is 4.90 Å². The molecule has 1 aliphatic heterocycles. The van der Waals surface area contributed by atoms with E-state index >= 15 is 0 Å². The lowest BCUT2D eigenvalue weighted by Crippen LogP contribution is -2.52. The van der Waals surface area contributed by atoms with E-state index < -0.39 is 15.6 Å². The zero-order chi connectivity index (χ0) is 22.2. The number of ether oxygens (including phenoxy) is 1. The number of β-amino-alcohol motifs (C(OH)–C–C–N with tert-alkyl or cyclic N) is 1. The highest BCUT2D eigenvalue weighted by molar-refractivity contribution is 7.89. The van der Waals surface area contributed by atoms with Crippen molar-refractivity contribution in [2.75, 3.05) is 60.0 Å². The third-order valence-corrected chi connectivity index (χ3v) is 6.70. The normalized spacial score (nSPS) is 18.3. The van der Waals surface area contributed by atoms with Gasteiger partial charge in [0.05, 0.1) is 30.3 Å². The van der Waals surface area contributed by atoms with Gasteiger partial charge in [0.15, 0.2) is 5.96 Å². The molecule has 0 spiro atoms. The standard InChI is InChI=1S/C20H35N5O4S/c1-5-21-19(23-15-20(2,26)16-25-10-12-29-13-11-25)22-14-17-8-6-7-9-18(17)30(27,28)24(3)4/h6-9,26H,5,10-16H2,1-4H3,(H2,21,22,23). The molecule has 1 aliphatic rings. The number of aliphatic hydroxyl groups is 1. The zero-order valence-electron chi connectivity index (χ0n) is 18.4. The van der Waals surface area contributed by atoms with Crippen molar-refractivity contribution in [2.24, 2.45) is 4.99 Å². The SMILES string of the molecule is CCNC(=NCc1ccccc1S(=O)(=O)N(C)C)NCC(C)(O)CN1CCOCC1. The molecule has 1 saturated heterocycles. The third-order valence-electron chi connectivity index (χ3n) is 4.79. The average molecular weight is 442 g/mol. The number of guanidine groups is 1. The van der Waals surface area contributed by atoms with Gasteiger partial charge in [0.1, 0.15) is 0 Å². The molecular formula is C20H35N5O4S. The van der Waals surface area contributed by atoms with Gasteiger partial charge in [0.2, 0.25) is 10.0 Å². The topological polar surface area (TPSA) is 106 Å². The lowest BCUT2D eigenvalue weighted by molar-refractivity contribution is -0.0201. The molecule has 2 rings (SSSR count). The lowest BCUT2D eigenvalue weighted by Gasteiger charge is -2.34. The van der Waals surface area contributed by atoms with E-state index in [1.165, 1.54) is 18.4 Å². The summed E-state index contributed by atoms with van der Waals surface area (Å²) in [6.07, 6.45) is 0. The van der Waals surface area contributed by atoms with E-state index in [4.69, 9.17) is 4.74 Å². The van der Waals surface area contributed by atoms with Crippen molar-refractivity contribution in [2.45, 2.75) is 30.9 Å². The summed E-state index contributed by atoms with van der Waals surface area (Å²) >= 11 is 0. The second-order valence-electron chi connectivity index (χ2n) is 7.83. The molecule has 0 amide bonds. The Morgan fingerprint density at radius 1 is 1.27 bits per heavy atom. The van der Waals surface area contributed by atoms with Crippen molar-refractivity contribution >= 4 is 16.0 Å². The van der Waals surface area contributed by atoms with E-state index in [0.29, 0.717) is 44.4 Å². The first kappa shape index (κ1) is 24.5. The van der Waals surface area contributed by atoms with E-state index in [0.717, 1.165) is 13.1 Å². The van der Waals surface area contributed by atoms with Crippen LogP contribution in [-0.4, -0.2) is 94.3 Å². The average Bonchev–Trinajstić information content (AvgIpc) is 2.70. The molecule has 10 heteroatoms. The fourth-order valence-electron chi connectivity index (χ4n) is 3.16. The first-order valence-corrected chi connectivity index (χ1v) is 11.6. The molecule has 30 heavy (non-hydrogen) atoms. The molecule has 1 aromatic rings. The van der Waals surface area contributed by atoms with Gasteiger partial charge < -0.3 is 20.5 Å². The van der Waals surface area contributed by atoms with Gasteiger partial charge in [-0.15, -0.1) is 0 Å². The minimum absolute atomic E-state index is 0.199. The number of hydrogen-bond donors (Lipinski definition) is 3. The Balaban J connectivity index is 2.06. The van der Waals surface area contributed by atoms with Gasteiger partial charge >= 0.3 is 0 Å². The number of benzene rings is 1. The van der Waals surface area contributed by atoms with Gasteiger partial charge in [-0.1, -0.05) is 18.2 Å². The molecule has 1 heterocycles. The number of nitrogens with one attached hydrogen (secondary N) is 2. The maximum Gasteiger partial charge on any atom is 0.242 e. The monoisotopic (exact) mass is 441 g/mol. The summed E-state index contributed by atoms with van der Waals surface area (Å²) in [4.78, 5) is 6.96. The van der Waals surface area contributed by atoms with Crippen LogP contribution in [0.4, 0.5) is 0 Å². The molecule has 1 unspecified atom stereocenters. The summed E-state index contributed by atoms with van der Waals surface area (Å²) in [5.74, 6) is 0.525. The van der Waals surface area contributed by atoms with Gasteiger partial charge in [0, 0.05) is 46.8 Å². The van der Waals surface area contributed by atoms with Crippen molar-refractivity contribution in [3.63, 3.8) is 0 Å². The van der Waals surface area contributed by atoms with Crippen LogP contribution in [0.15, 0.2) is 34.2 Å². The molecule has 0 aromatic heterocycles.